The largest absolute Gasteiger partial charge is 0.272 e. The average molecular weight is 304 g/mol. The van der Waals surface area contributed by atoms with Gasteiger partial charge in [0.2, 0.25) is 5.91 Å². The molecule has 1 aromatic rings. The molecule has 0 saturated heterocycles. The molecule has 1 aliphatic carbocycles. The standard InChI is InChI=1S/C17H24N2OS/c1-14-8-6-7-9-15(14)12-21-13-17(20)19-18-16-10-4-2-3-5-11-16/h6-9H,2-5,10-13H2,1H3,(H,19,20). The number of amides is 1. The summed E-state index contributed by atoms with van der Waals surface area (Å²) in [4.78, 5) is 11.8. The van der Waals surface area contributed by atoms with Crippen molar-refractivity contribution in [3.8, 4) is 0 Å². The topological polar surface area (TPSA) is 41.5 Å². The van der Waals surface area contributed by atoms with E-state index in [2.05, 4.69) is 29.6 Å². The lowest BCUT2D eigenvalue weighted by Gasteiger charge is -2.06. The maximum absolute atomic E-state index is 11.8. The number of benzene rings is 1. The van der Waals surface area contributed by atoms with Crippen LogP contribution in [0.5, 0.6) is 0 Å². The monoisotopic (exact) mass is 304 g/mol. The Morgan fingerprint density at radius 2 is 1.90 bits per heavy atom. The van der Waals surface area contributed by atoms with E-state index in [-0.39, 0.29) is 5.91 Å². The van der Waals surface area contributed by atoms with Crippen molar-refractivity contribution in [2.45, 2.75) is 51.2 Å². The first kappa shape index (κ1) is 16.1. The number of aryl methyl sites for hydroxylation is 1. The van der Waals surface area contributed by atoms with Crippen LogP contribution in [0.2, 0.25) is 0 Å². The minimum absolute atomic E-state index is 0.00494. The number of hydrogen-bond donors (Lipinski definition) is 1. The molecule has 0 radical (unpaired) electrons. The summed E-state index contributed by atoms with van der Waals surface area (Å²) in [6.45, 7) is 2.11. The average Bonchev–Trinajstić information content (AvgIpc) is 2.76. The second-order valence-corrected chi connectivity index (χ2v) is 6.53. The first-order chi connectivity index (χ1) is 10.3. The van der Waals surface area contributed by atoms with Crippen LogP contribution in [0.1, 0.15) is 49.7 Å². The number of thioether (sulfide) groups is 1. The van der Waals surface area contributed by atoms with Crippen molar-refractivity contribution in [1.82, 2.24) is 5.43 Å². The molecule has 0 aromatic heterocycles. The van der Waals surface area contributed by atoms with E-state index in [0.29, 0.717) is 5.75 Å². The molecular weight excluding hydrogens is 280 g/mol. The summed E-state index contributed by atoms with van der Waals surface area (Å²) in [5, 5.41) is 4.29. The zero-order valence-electron chi connectivity index (χ0n) is 12.7. The number of hydrogen-bond acceptors (Lipinski definition) is 3. The fraction of sp³-hybridized carbons (Fsp3) is 0.529. The van der Waals surface area contributed by atoms with E-state index in [9.17, 15) is 4.79 Å². The van der Waals surface area contributed by atoms with Crippen molar-refractivity contribution >= 4 is 23.4 Å². The molecule has 0 heterocycles. The highest BCUT2D eigenvalue weighted by atomic mass is 32.2. The lowest BCUT2D eigenvalue weighted by atomic mass is 10.1. The molecule has 0 unspecified atom stereocenters. The molecule has 114 valence electrons. The van der Waals surface area contributed by atoms with Gasteiger partial charge in [0.05, 0.1) is 5.75 Å². The van der Waals surface area contributed by atoms with Crippen LogP contribution in [0.3, 0.4) is 0 Å². The minimum atomic E-state index is 0.00494. The number of rotatable bonds is 5. The van der Waals surface area contributed by atoms with Crippen LogP contribution in [0.4, 0.5) is 0 Å². The second-order valence-electron chi connectivity index (χ2n) is 5.55. The van der Waals surface area contributed by atoms with E-state index in [0.717, 1.165) is 24.3 Å². The van der Waals surface area contributed by atoms with E-state index >= 15 is 0 Å². The van der Waals surface area contributed by atoms with Gasteiger partial charge in [-0.1, -0.05) is 37.1 Å². The first-order valence-electron chi connectivity index (χ1n) is 7.72. The third-order valence-corrected chi connectivity index (χ3v) is 4.75. The van der Waals surface area contributed by atoms with E-state index in [1.807, 2.05) is 12.1 Å². The van der Waals surface area contributed by atoms with Gasteiger partial charge in [0, 0.05) is 11.5 Å². The van der Waals surface area contributed by atoms with Crippen LogP contribution < -0.4 is 5.43 Å². The van der Waals surface area contributed by atoms with Crippen molar-refractivity contribution in [1.29, 1.82) is 0 Å². The van der Waals surface area contributed by atoms with Crippen molar-refractivity contribution in [2.75, 3.05) is 5.75 Å². The van der Waals surface area contributed by atoms with Crippen molar-refractivity contribution in [3.05, 3.63) is 35.4 Å². The fourth-order valence-electron chi connectivity index (χ4n) is 2.45. The summed E-state index contributed by atoms with van der Waals surface area (Å²) < 4.78 is 0. The Hall–Kier alpha value is -1.29. The maximum Gasteiger partial charge on any atom is 0.250 e. The number of carbonyl (C=O) groups is 1. The Labute approximate surface area is 131 Å². The van der Waals surface area contributed by atoms with Crippen LogP contribution in [0, 0.1) is 6.92 Å². The van der Waals surface area contributed by atoms with Crippen LogP contribution >= 0.6 is 11.8 Å². The van der Waals surface area contributed by atoms with Gasteiger partial charge in [-0.2, -0.15) is 5.10 Å². The molecule has 1 aromatic carbocycles. The highest BCUT2D eigenvalue weighted by Gasteiger charge is 2.07. The summed E-state index contributed by atoms with van der Waals surface area (Å²) >= 11 is 1.64. The fourth-order valence-corrected chi connectivity index (χ4v) is 3.34. The molecule has 0 spiro atoms. The van der Waals surface area contributed by atoms with Gasteiger partial charge in [-0.05, 0) is 43.7 Å². The van der Waals surface area contributed by atoms with Crippen LogP contribution in [0.15, 0.2) is 29.4 Å². The van der Waals surface area contributed by atoms with Gasteiger partial charge >= 0.3 is 0 Å². The van der Waals surface area contributed by atoms with E-state index in [1.54, 1.807) is 11.8 Å². The molecule has 1 amide bonds. The van der Waals surface area contributed by atoms with Gasteiger partial charge < -0.3 is 0 Å². The molecule has 4 heteroatoms. The number of nitrogens with one attached hydrogen (secondary N) is 1. The van der Waals surface area contributed by atoms with Gasteiger partial charge in [0.1, 0.15) is 0 Å². The van der Waals surface area contributed by atoms with E-state index in [4.69, 9.17) is 0 Å². The molecule has 1 N–H and O–H groups in total. The van der Waals surface area contributed by atoms with Gasteiger partial charge in [-0.15, -0.1) is 11.8 Å². The Balaban J connectivity index is 1.70. The lowest BCUT2D eigenvalue weighted by molar-refractivity contribution is -0.118. The molecule has 3 nitrogen and oxygen atoms in total. The summed E-state index contributed by atoms with van der Waals surface area (Å²) in [6.07, 6.45) is 7.07. The van der Waals surface area contributed by atoms with Gasteiger partial charge in [0.15, 0.2) is 0 Å². The predicted molar refractivity (Wildman–Crippen MR) is 90.6 cm³/mol. The Morgan fingerprint density at radius 3 is 2.62 bits per heavy atom. The molecule has 0 aliphatic heterocycles. The quantitative estimate of drug-likeness (QED) is 0.658. The second kappa shape index (κ2) is 8.88. The third-order valence-electron chi connectivity index (χ3n) is 3.77. The SMILES string of the molecule is Cc1ccccc1CSCC(=O)NN=C1CCCCCC1. The molecule has 1 saturated carbocycles. The Bertz CT molecular complexity index is 489. The summed E-state index contributed by atoms with van der Waals surface area (Å²) in [5.41, 5.74) is 6.44. The molecule has 0 bridgehead atoms. The van der Waals surface area contributed by atoms with Gasteiger partial charge in [0.25, 0.3) is 0 Å². The summed E-state index contributed by atoms with van der Waals surface area (Å²) in [5.74, 6) is 1.34. The molecule has 2 rings (SSSR count). The van der Waals surface area contributed by atoms with Gasteiger partial charge in [-0.25, -0.2) is 5.43 Å². The molecule has 0 atom stereocenters. The lowest BCUT2D eigenvalue weighted by Crippen LogP contribution is -2.21. The molecular formula is C17H24N2OS. The highest BCUT2D eigenvalue weighted by molar-refractivity contribution is 7.99. The number of nitrogens with zero attached hydrogens (tertiary/aromatic N) is 1. The Morgan fingerprint density at radius 1 is 1.19 bits per heavy atom. The van der Waals surface area contributed by atoms with E-state index < -0.39 is 0 Å². The minimum Gasteiger partial charge on any atom is -0.272 e. The van der Waals surface area contributed by atoms with Crippen molar-refractivity contribution < 1.29 is 4.79 Å². The zero-order valence-corrected chi connectivity index (χ0v) is 13.5. The van der Waals surface area contributed by atoms with Crippen molar-refractivity contribution in [3.63, 3.8) is 0 Å². The smallest absolute Gasteiger partial charge is 0.250 e. The van der Waals surface area contributed by atoms with Crippen LogP contribution in [-0.4, -0.2) is 17.4 Å². The molecule has 1 fully saturated rings. The van der Waals surface area contributed by atoms with Crippen molar-refractivity contribution in [2.24, 2.45) is 5.10 Å². The van der Waals surface area contributed by atoms with Crippen LogP contribution in [0.25, 0.3) is 0 Å². The highest BCUT2D eigenvalue weighted by Crippen LogP contribution is 2.16. The van der Waals surface area contributed by atoms with Gasteiger partial charge in [-0.3, -0.25) is 4.79 Å². The van der Waals surface area contributed by atoms with Crippen LogP contribution in [-0.2, 0) is 10.5 Å². The first-order valence-corrected chi connectivity index (χ1v) is 8.87. The Kier molecular flexibility index (Phi) is 6.80. The maximum atomic E-state index is 11.8. The normalized spacial score (nSPS) is 15.4. The van der Waals surface area contributed by atoms with E-state index in [1.165, 1.54) is 36.8 Å². The number of carbonyl (C=O) groups excluding carboxylic acids is 1. The third kappa shape index (κ3) is 5.92. The molecule has 21 heavy (non-hydrogen) atoms. The summed E-state index contributed by atoms with van der Waals surface area (Å²) in [7, 11) is 0. The summed E-state index contributed by atoms with van der Waals surface area (Å²) in [6, 6.07) is 8.31. The zero-order chi connectivity index (χ0) is 14.9. The number of hydrazone groups is 1. The molecule has 1 aliphatic rings. The predicted octanol–water partition coefficient (Wildman–Crippen LogP) is 4.05.